The molecule has 0 atom stereocenters. The molecule has 0 aliphatic rings. The number of hydrogen-bond acceptors (Lipinski definition) is 2. The van der Waals surface area contributed by atoms with Gasteiger partial charge in [-0.25, -0.2) is 4.79 Å². The molecule has 0 amide bonds. The third-order valence-corrected chi connectivity index (χ3v) is 1.28. The summed E-state index contributed by atoms with van der Waals surface area (Å²) in [4.78, 5) is 10.4. The SMILES string of the molecule is N#Cc1ccccc1C(=O)O.[Cd]. The van der Waals surface area contributed by atoms with Gasteiger partial charge in [0.15, 0.2) is 0 Å². The number of hydrogen-bond donors (Lipinski definition) is 1. The van der Waals surface area contributed by atoms with E-state index in [1.165, 1.54) is 12.1 Å². The fourth-order valence-corrected chi connectivity index (χ4v) is 0.767. The first kappa shape index (κ1) is 11.1. The summed E-state index contributed by atoms with van der Waals surface area (Å²) >= 11 is 0. The van der Waals surface area contributed by atoms with Crippen molar-refractivity contribution in [3.63, 3.8) is 0 Å². The Bertz CT molecular complexity index is 330. The zero-order valence-electron chi connectivity index (χ0n) is 6.32. The number of nitrogens with zero attached hydrogens (tertiary/aromatic N) is 1. The maximum atomic E-state index is 10.4. The van der Waals surface area contributed by atoms with E-state index in [0.717, 1.165) is 0 Å². The van der Waals surface area contributed by atoms with Gasteiger partial charge < -0.3 is 5.11 Å². The van der Waals surface area contributed by atoms with E-state index >= 15 is 0 Å². The summed E-state index contributed by atoms with van der Waals surface area (Å²) in [7, 11) is 0. The Morgan fingerprint density at radius 1 is 1.42 bits per heavy atom. The molecule has 1 N–H and O–H groups in total. The van der Waals surface area contributed by atoms with E-state index in [2.05, 4.69) is 0 Å². The molecule has 0 unspecified atom stereocenters. The van der Waals surface area contributed by atoms with Crippen molar-refractivity contribution in [2.75, 3.05) is 0 Å². The maximum Gasteiger partial charge on any atom is 0.337 e. The average molecular weight is 260 g/mol. The van der Waals surface area contributed by atoms with Gasteiger partial charge in [-0.3, -0.25) is 0 Å². The summed E-state index contributed by atoms with van der Waals surface area (Å²) in [6.07, 6.45) is 0. The van der Waals surface area contributed by atoms with Crippen molar-refractivity contribution in [3.05, 3.63) is 35.4 Å². The molecule has 3 nitrogen and oxygen atoms in total. The minimum Gasteiger partial charge on any atom is -0.478 e. The molecule has 0 aliphatic carbocycles. The van der Waals surface area contributed by atoms with Crippen molar-refractivity contribution in [3.8, 4) is 6.07 Å². The molecule has 1 aromatic carbocycles. The van der Waals surface area contributed by atoms with Crippen molar-refractivity contribution in [1.29, 1.82) is 5.26 Å². The van der Waals surface area contributed by atoms with Crippen molar-refractivity contribution in [1.82, 2.24) is 0 Å². The van der Waals surface area contributed by atoms with Crippen LogP contribution in [0.25, 0.3) is 0 Å². The number of aromatic carboxylic acids is 1. The molecule has 0 radical (unpaired) electrons. The summed E-state index contributed by atoms with van der Waals surface area (Å²) in [6, 6.07) is 7.89. The Kier molecular flexibility index (Phi) is 4.51. The maximum absolute atomic E-state index is 10.4. The molecule has 0 aromatic heterocycles. The molecule has 56 valence electrons. The van der Waals surface area contributed by atoms with Crippen LogP contribution in [0, 0.1) is 11.3 Å². The number of rotatable bonds is 1. The Labute approximate surface area is 89.8 Å². The third kappa shape index (κ3) is 2.30. The fraction of sp³-hybridized carbons (Fsp3) is 0. The molecule has 0 aliphatic heterocycles. The molecular formula is C8H5CdNO2. The first-order valence-corrected chi connectivity index (χ1v) is 2.98. The quantitative estimate of drug-likeness (QED) is 0.772. The van der Waals surface area contributed by atoms with Crippen molar-refractivity contribution < 1.29 is 37.2 Å². The average Bonchev–Trinajstić information content (AvgIpc) is 2.04. The Hall–Kier alpha value is -0.898. The van der Waals surface area contributed by atoms with Crippen molar-refractivity contribution in [2.45, 2.75) is 0 Å². The van der Waals surface area contributed by atoms with Crippen LogP contribution in [0.1, 0.15) is 15.9 Å². The van der Waals surface area contributed by atoms with Crippen molar-refractivity contribution >= 4 is 5.97 Å². The summed E-state index contributed by atoms with van der Waals surface area (Å²) in [5, 5.41) is 17.0. The first-order valence-electron chi connectivity index (χ1n) is 2.98. The normalized spacial score (nSPS) is 7.92. The summed E-state index contributed by atoms with van der Waals surface area (Å²) in [5.74, 6) is -1.07. The molecule has 1 rings (SSSR count). The van der Waals surface area contributed by atoms with Gasteiger partial charge in [-0.15, -0.1) is 0 Å². The monoisotopic (exact) mass is 261 g/mol. The van der Waals surface area contributed by atoms with Gasteiger partial charge in [0.25, 0.3) is 0 Å². The molecule has 1 aromatic rings. The Morgan fingerprint density at radius 3 is 2.42 bits per heavy atom. The van der Waals surface area contributed by atoms with Crippen LogP contribution in [0.2, 0.25) is 0 Å². The van der Waals surface area contributed by atoms with E-state index in [9.17, 15) is 4.79 Å². The summed E-state index contributed by atoms with van der Waals surface area (Å²) < 4.78 is 0. The number of carboxylic acids is 1. The standard InChI is InChI=1S/C8H5NO2.Cd/c9-5-6-3-1-2-4-7(6)8(10)11;/h1-4H,(H,10,11);. The topological polar surface area (TPSA) is 61.1 Å². The van der Waals surface area contributed by atoms with Crippen LogP contribution in [0.3, 0.4) is 0 Å². The smallest absolute Gasteiger partial charge is 0.337 e. The number of nitriles is 1. The van der Waals surface area contributed by atoms with Crippen molar-refractivity contribution in [2.24, 2.45) is 0 Å². The van der Waals surface area contributed by atoms with Crippen LogP contribution in [-0.4, -0.2) is 11.1 Å². The van der Waals surface area contributed by atoms with E-state index in [1.54, 1.807) is 18.2 Å². The van der Waals surface area contributed by atoms with E-state index in [-0.39, 0.29) is 38.4 Å². The minimum atomic E-state index is -1.07. The molecule has 0 bridgehead atoms. The van der Waals surface area contributed by atoms with Gasteiger partial charge in [-0.2, -0.15) is 5.26 Å². The zero-order valence-corrected chi connectivity index (χ0v) is 10.4. The van der Waals surface area contributed by atoms with Gasteiger partial charge in [-0.05, 0) is 12.1 Å². The molecule has 0 saturated carbocycles. The largest absolute Gasteiger partial charge is 0.478 e. The van der Waals surface area contributed by atoms with E-state index < -0.39 is 5.97 Å². The molecule has 0 fully saturated rings. The van der Waals surface area contributed by atoms with Crippen LogP contribution in [0.4, 0.5) is 0 Å². The second-order valence-electron chi connectivity index (χ2n) is 1.96. The van der Waals surface area contributed by atoms with Gasteiger partial charge in [0.2, 0.25) is 0 Å². The molecule has 0 spiro atoms. The molecular weight excluding hydrogens is 255 g/mol. The summed E-state index contributed by atoms with van der Waals surface area (Å²) in [6.45, 7) is 0. The molecule has 0 heterocycles. The second kappa shape index (κ2) is 4.88. The minimum absolute atomic E-state index is 0. The molecule has 4 heteroatoms. The van der Waals surface area contributed by atoms with Gasteiger partial charge in [0.05, 0.1) is 11.1 Å². The van der Waals surface area contributed by atoms with Gasteiger partial charge >= 0.3 is 5.97 Å². The van der Waals surface area contributed by atoms with Crippen LogP contribution in [0.5, 0.6) is 0 Å². The Morgan fingerprint density at radius 2 is 2.00 bits per heavy atom. The van der Waals surface area contributed by atoms with Crippen LogP contribution in [0.15, 0.2) is 24.3 Å². The predicted molar refractivity (Wildman–Crippen MR) is 38.1 cm³/mol. The van der Waals surface area contributed by atoms with Crippen LogP contribution >= 0.6 is 0 Å². The number of carboxylic acid groups (broad SMARTS) is 1. The Balaban J connectivity index is 0.00000121. The molecule has 12 heavy (non-hydrogen) atoms. The zero-order chi connectivity index (χ0) is 8.27. The number of carbonyl (C=O) groups is 1. The van der Waals surface area contributed by atoms with Crippen LogP contribution in [-0.2, 0) is 27.3 Å². The molecule has 0 saturated heterocycles. The van der Waals surface area contributed by atoms with E-state index in [4.69, 9.17) is 10.4 Å². The fourth-order valence-electron chi connectivity index (χ4n) is 0.767. The second-order valence-corrected chi connectivity index (χ2v) is 1.96. The first-order chi connectivity index (χ1) is 5.25. The third-order valence-electron chi connectivity index (χ3n) is 1.28. The van der Waals surface area contributed by atoms with Crippen LogP contribution < -0.4 is 0 Å². The van der Waals surface area contributed by atoms with Gasteiger partial charge in [0.1, 0.15) is 6.07 Å². The number of benzene rings is 1. The van der Waals surface area contributed by atoms with E-state index in [0.29, 0.717) is 0 Å². The van der Waals surface area contributed by atoms with Gasteiger partial charge in [0, 0.05) is 27.3 Å². The predicted octanol–water partition coefficient (Wildman–Crippen LogP) is 1.25. The summed E-state index contributed by atoms with van der Waals surface area (Å²) in [5.41, 5.74) is 0.245. The van der Waals surface area contributed by atoms with Gasteiger partial charge in [-0.1, -0.05) is 12.1 Å². The van der Waals surface area contributed by atoms with E-state index in [1.807, 2.05) is 0 Å².